The van der Waals surface area contributed by atoms with E-state index >= 15 is 0 Å². The summed E-state index contributed by atoms with van der Waals surface area (Å²) in [5.74, 6) is 0. The molecule has 0 saturated carbocycles. The summed E-state index contributed by atoms with van der Waals surface area (Å²) in [6.45, 7) is 0. The second-order valence-corrected chi connectivity index (χ2v) is 0. The molecule has 0 aliphatic heterocycles. The maximum Gasteiger partial charge on any atom is 4.00 e. The molecule has 46 valence electrons. The summed E-state index contributed by atoms with van der Waals surface area (Å²) in [5, 5.41) is 0. The summed E-state index contributed by atoms with van der Waals surface area (Å²) in [4.78, 5) is 0. The van der Waals surface area contributed by atoms with E-state index in [0.29, 0.717) is 0 Å². The largest absolute Gasteiger partial charge is 4.00 e. The van der Waals surface area contributed by atoms with Crippen LogP contribution in [0.25, 0.3) is 0 Å². The van der Waals surface area contributed by atoms with E-state index in [1.54, 1.807) is 0 Å². The molecule has 0 aliphatic carbocycles. The van der Waals surface area contributed by atoms with Gasteiger partial charge in [-0.3, -0.25) is 0 Å². The van der Waals surface area contributed by atoms with Crippen LogP contribution in [0.15, 0.2) is 0 Å². The minimum Gasteiger partial charge on any atom is -0.358 e. The average molecular weight is 170 g/mol. The third kappa shape index (κ3) is 144. The zero-order valence-electron chi connectivity index (χ0n) is 6.50. The molecule has 0 amide bonds. The fourth-order valence-electron chi connectivity index (χ4n) is 0. The number of rotatable bonds is 0. The normalized spacial score (nSPS) is 0. The van der Waals surface area contributed by atoms with Crippen LogP contribution in [0.1, 0.15) is 0 Å². The molecule has 0 fully saturated rings. The van der Waals surface area contributed by atoms with E-state index in [1.807, 2.05) is 0 Å². The summed E-state index contributed by atoms with van der Waals surface area (Å²) < 4.78 is 0. The van der Waals surface area contributed by atoms with Crippen LogP contribution in [0.4, 0.5) is 0 Å². The van der Waals surface area contributed by atoms with Gasteiger partial charge in [-0.1, -0.05) is 0 Å². The molecule has 3 heteroatoms. The van der Waals surface area contributed by atoms with Crippen LogP contribution in [0.2, 0.25) is 0 Å². The van der Waals surface area contributed by atoms with Crippen molar-refractivity contribution in [3.8, 4) is 0 Å². The van der Waals surface area contributed by atoms with Gasteiger partial charge in [-0.15, -0.1) is 0 Å². The first-order valence-corrected chi connectivity index (χ1v) is 0. The first-order valence-electron chi connectivity index (χ1n) is 0. The van der Waals surface area contributed by atoms with Crippen molar-refractivity contribution in [2.45, 2.75) is 0 Å². The Bertz CT molecular complexity index is 9.65. The predicted molar refractivity (Wildman–Crippen MR) is 45.5 cm³/mol. The Labute approximate surface area is 73.4 Å². The van der Waals surface area contributed by atoms with Gasteiger partial charge in [-0.05, 0) is 21.9 Å². The minimum atomic E-state index is 0. The molecular weight excluding hydrogens is 152 g/mol. The van der Waals surface area contributed by atoms with Crippen LogP contribution in [0.5, 0.6) is 0 Å². The van der Waals surface area contributed by atoms with E-state index in [1.165, 1.54) is 0 Å². The molecule has 0 heterocycles. The van der Waals surface area contributed by atoms with Gasteiger partial charge >= 0.3 is 21.7 Å². The van der Waals surface area contributed by atoms with Gasteiger partial charge in [0.1, 0.15) is 0 Å². The van der Waals surface area contributed by atoms with Crippen molar-refractivity contribution >= 4 is 21.9 Å². The van der Waals surface area contributed by atoms with Crippen LogP contribution >= 0.6 is 0 Å². The van der Waals surface area contributed by atoms with Gasteiger partial charge in [0.05, 0.1) is 0 Å². The summed E-state index contributed by atoms with van der Waals surface area (Å²) in [5.41, 5.74) is 0. The molecule has 7 heavy (non-hydrogen) atoms. The monoisotopic (exact) mass is 170 g/mol. The Kier molecular flexibility index (Phi) is 9250. The third-order valence-corrected chi connectivity index (χ3v) is 0. The van der Waals surface area contributed by atoms with Gasteiger partial charge in [-0.25, -0.2) is 0 Å². The standard InChI is InChI=1S/4CH3.2H3Si.Ti/h6*1H3;/q4*-1;;;+4. The SMILES string of the molecule is [CH3-].[CH3-].[CH3-].[CH3-].[SiH3].[SiH3].[Ti+4]. The molecule has 0 aromatic heterocycles. The van der Waals surface area contributed by atoms with E-state index in [4.69, 9.17) is 0 Å². The van der Waals surface area contributed by atoms with E-state index in [-0.39, 0.29) is 73.4 Å². The minimum absolute atomic E-state index is 0. The fourth-order valence-corrected chi connectivity index (χ4v) is 0. The molecule has 2 radical (unpaired) electrons. The molecule has 0 aromatic carbocycles. The summed E-state index contributed by atoms with van der Waals surface area (Å²) in [7, 11) is 0. The maximum absolute atomic E-state index is 0. The van der Waals surface area contributed by atoms with Crippen LogP contribution in [-0.4, -0.2) is 21.9 Å². The molecule has 0 nitrogen and oxygen atoms in total. The first kappa shape index (κ1) is 316. The summed E-state index contributed by atoms with van der Waals surface area (Å²) in [6.07, 6.45) is 0. The topological polar surface area (TPSA) is 0 Å². The molecule has 0 unspecified atom stereocenters. The van der Waals surface area contributed by atoms with Crippen LogP contribution in [-0.2, 0) is 21.7 Å². The van der Waals surface area contributed by atoms with E-state index in [0.717, 1.165) is 0 Å². The summed E-state index contributed by atoms with van der Waals surface area (Å²) >= 11 is 0. The molecule has 0 spiro atoms. The molecule has 0 atom stereocenters. The van der Waals surface area contributed by atoms with Crippen molar-refractivity contribution in [3.05, 3.63) is 29.7 Å². The molecule has 0 aromatic rings. The third-order valence-electron chi connectivity index (χ3n) is 0. The van der Waals surface area contributed by atoms with E-state index in [9.17, 15) is 0 Å². The Balaban J connectivity index is 0. The average Bonchev–Trinajstić information content (AvgIpc) is 0. The Morgan fingerprint density at radius 1 is 0.429 bits per heavy atom. The Morgan fingerprint density at radius 3 is 0.429 bits per heavy atom. The molecule has 0 N–H and O–H groups in total. The van der Waals surface area contributed by atoms with Crippen molar-refractivity contribution < 1.29 is 21.7 Å². The van der Waals surface area contributed by atoms with Crippen molar-refractivity contribution in [2.24, 2.45) is 0 Å². The first-order chi connectivity index (χ1) is 0. The van der Waals surface area contributed by atoms with Gasteiger partial charge in [0.25, 0.3) is 0 Å². The van der Waals surface area contributed by atoms with Crippen LogP contribution in [0.3, 0.4) is 0 Å². The second kappa shape index (κ2) is 205. The Hall–Kier alpha value is 1.15. The van der Waals surface area contributed by atoms with Crippen molar-refractivity contribution in [1.82, 2.24) is 0 Å². The number of hydrogen-bond acceptors (Lipinski definition) is 0. The zero-order valence-corrected chi connectivity index (χ0v) is 12.1. The van der Waals surface area contributed by atoms with E-state index < -0.39 is 0 Å². The van der Waals surface area contributed by atoms with Gasteiger partial charge in [0, 0.05) is 0 Å². The molecule has 0 rings (SSSR count). The van der Waals surface area contributed by atoms with Crippen LogP contribution < -0.4 is 0 Å². The van der Waals surface area contributed by atoms with Gasteiger partial charge < -0.3 is 29.7 Å². The second-order valence-electron chi connectivity index (χ2n) is 0. The van der Waals surface area contributed by atoms with Crippen LogP contribution in [0, 0.1) is 29.7 Å². The van der Waals surface area contributed by atoms with Gasteiger partial charge in [0.2, 0.25) is 0 Å². The maximum atomic E-state index is 0. The smallest absolute Gasteiger partial charge is 0.358 e. The molecule has 0 aliphatic rings. The number of hydrogen-bond donors (Lipinski definition) is 0. The molecule has 0 bridgehead atoms. The predicted octanol–water partition coefficient (Wildman–Crippen LogP) is -0.569. The summed E-state index contributed by atoms with van der Waals surface area (Å²) in [6, 6.07) is 0. The quantitative estimate of drug-likeness (QED) is 0.337. The van der Waals surface area contributed by atoms with Crippen molar-refractivity contribution in [2.75, 3.05) is 0 Å². The zero-order chi connectivity index (χ0) is 0. The van der Waals surface area contributed by atoms with Crippen molar-refractivity contribution in [3.63, 3.8) is 0 Å². The van der Waals surface area contributed by atoms with Gasteiger partial charge in [0.15, 0.2) is 0 Å². The Morgan fingerprint density at radius 2 is 0.429 bits per heavy atom. The van der Waals surface area contributed by atoms with Crippen molar-refractivity contribution in [1.29, 1.82) is 0 Å². The fraction of sp³-hybridized carbons (Fsp3) is 0. The van der Waals surface area contributed by atoms with Gasteiger partial charge in [-0.2, -0.15) is 0 Å². The molecular formula is C4H18Si2Ti. The molecule has 0 saturated heterocycles. The van der Waals surface area contributed by atoms with E-state index in [2.05, 4.69) is 0 Å².